The van der Waals surface area contributed by atoms with Crippen LogP contribution < -0.4 is 5.32 Å². The summed E-state index contributed by atoms with van der Waals surface area (Å²) in [6.45, 7) is -0.783. The van der Waals surface area contributed by atoms with Crippen LogP contribution in [0.1, 0.15) is 0 Å². The Kier molecular flexibility index (Phi) is 4.86. The minimum atomic E-state index is -4.81. The number of benzene rings is 1. The molecule has 3 nitrogen and oxygen atoms in total. The molecule has 1 rings (SSSR count). The van der Waals surface area contributed by atoms with Crippen molar-refractivity contribution in [3.63, 3.8) is 0 Å². The van der Waals surface area contributed by atoms with Crippen LogP contribution in [0.2, 0.25) is 5.02 Å². The molecule has 0 saturated carbocycles. The van der Waals surface area contributed by atoms with Crippen molar-refractivity contribution < 1.29 is 23.1 Å². The van der Waals surface area contributed by atoms with Crippen LogP contribution in [-0.2, 0) is 4.79 Å². The van der Waals surface area contributed by atoms with Crippen molar-refractivity contribution in [3.8, 4) is 0 Å². The van der Waals surface area contributed by atoms with E-state index < -0.39 is 24.6 Å². The number of carbonyl (C=O) groups is 1. The van der Waals surface area contributed by atoms with Gasteiger partial charge in [0, 0.05) is 11.0 Å². The molecule has 0 radical (unpaired) electrons. The molecular formula is C10H8BrClF3NO2. The normalized spacial score (nSPS) is 13.2. The fraction of sp³-hybridized carbons (Fsp3) is 0.300. The highest BCUT2D eigenvalue weighted by molar-refractivity contribution is 9.10. The van der Waals surface area contributed by atoms with Gasteiger partial charge in [0.1, 0.15) is 0 Å². The summed E-state index contributed by atoms with van der Waals surface area (Å²) in [7, 11) is 0. The van der Waals surface area contributed by atoms with Gasteiger partial charge in [-0.3, -0.25) is 4.79 Å². The quantitative estimate of drug-likeness (QED) is 0.872. The van der Waals surface area contributed by atoms with Crippen molar-refractivity contribution in [1.29, 1.82) is 0 Å². The molecule has 0 bridgehead atoms. The Hall–Kier alpha value is -0.950. The Morgan fingerprint density at radius 3 is 2.61 bits per heavy atom. The first-order chi connectivity index (χ1) is 8.21. The zero-order chi connectivity index (χ0) is 13.9. The summed E-state index contributed by atoms with van der Waals surface area (Å²) in [4.78, 5) is 10.5. The van der Waals surface area contributed by atoms with Crippen molar-refractivity contribution in [3.05, 3.63) is 27.7 Å². The summed E-state index contributed by atoms with van der Waals surface area (Å²) in [5.41, 5.74) is 0.238. The number of anilines is 1. The molecule has 1 aromatic rings. The van der Waals surface area contributed by atoms with E-state index in [1.165, 1.54) is 12.1 Å². The molecule has 100 valence electrons. The average molecular weight is 347 g/mol. The Morgan fingerprint density at radius 2 is 2.11 bits per heavy atom. The van der Waals surface area contributed by atoms with Gasteiger partial charge in [0.2, 0.25) is 0 Å². The van der Waals surface area contributed by atoms with Crippen LogP contribution >= 0.6 is 27.5 Å². The van der Waals surface area contributed by atoms with E-state index in [1.54, 1.807) is 6.07 Å². The average Bonchev–Trinajstić information content (AvgIpc) is 2.20. The second kappa shape index (κ2) is 5.79. The Labute approximate surface area is 114 Å². The number of rotatable bonds is 4. The Balaban J connectivity index is 2.79. The predicted molar refractivity (Wildman–Crippen MR) is 64.8 cm³/mol. The first-order valence-corrected chi connectivity index (χ1v) is 5.87. The lowest BCUT2D eigenvalue weighted by atomic mass is 10.1. The molecule has 2 N–H and O–H groups in total. The van der Waals surface area contributed by atoms with Gasteiger partial charge in [-0.15, -0.1) is 0 Å². The molecule has 0 heterocycles. The molecule has 1 aromatic carbocycles. The van der Waals surface area contributed by atoms with Gasteiger partial charge in [0.15, 0.2) is 5.92 Å². The van der Waals surface area contributed by atoms with Crippen LogP contribution in [0.3, 0.4) is 0 Å². The molecule has 0 saturated heterocycles. The molecule has 0 spiro atoms. The highest BCUT2D eigenvalue weighted by Crippen LogP contribution is 2.29. The third kappa shape index (κ3) is 4.06. The summed E-state index contributed by atoms with van der Waals surface area (Å²) >= 11 is 8.90. The Bertz CT molecular complexity index is 453. The summed E-state index contributed by atoms with van der Waals surface area (Å²) in [6.07, 6.45) is -4.81. The number of hydrogen-bond acceptors (Lipinski definition) is 2. The molecule has 1 atom stereocenters. The second-order valence-corrected chi connectivity index (χ2v) is 4.76. The van der Waals surface area contributed by atoms with E-state index in [0.29, 0.717) is 4.47 Å². The van der Waals surface area contributed by atoms with E-state index in [2.05, 4.69) is 21.2 Å². The molecule has 0 aliphatic carbocycles. The van der Waals surface area contributed by atoms with Crippen molar-refractivity contribution >= 4 is 39.2 Å². The fourth-order valence-electron chi connectivity index (χ4n) is 1.19. The lowest BCUT2D eigenvalue weighted by molar-refractivity contribution is -0.190. The van der Waals surface area contributed by atoms with E-state index in [9.17, 15) is 18.0 Å². The van der Waals surface area contributed by atoms with Crippen LogP contribution in [-0.4, -0.2) is 23.8 Å². The maximum atomic E-state index is 12.4. The summed E-state index contributed by atoms with van der Waals surface area (Å²) in [5.74, 6) is -4.41. The van der Waals surface area contributed by atoms with E-state index in [-0.39, 0.29) is 10.7 Å². The zero-order valence-electron chi connectivity index (χ0n) is 8.76. The van der Waals surface area contributed by atoms with E-state index in [0.717, 1.165) is 0 Å². The van der Waals surface area contributed by atoms with Crippen LogP contribution in [0, 0.1) is 5.92 Å². The monoisotopic (exact) mass is 345 g/mol. The molecule has 8 heteroatoms. The van der Waals surface area contributed by atoms with Gasteiger partial charge in [-0.1, -0.05) is 27.5 Å². The smallest absolute Gasteiger partial charge is 0.403 e. The number of nitrogens with one attached hydrogen (secondary N) is 1. The summed E-state index contributed by atoms with van der Waals surface area (Å²) < 4.78 is 37.8. The van der Waals surface area contributed by atoms with Gasteiger partial charge in [-0.05, 0) is 18.2 Å². The largest absolute Gasteiger partial charge is 0.481 e. The SMILES string of the molecule is O=C(O)C(CNc1cc(Br)ccc1Cl)C(F)(F)F. The zero-order valence-corrected chi connectivity index (χ0v) is 11.1. The molecule has 0 fully saturated rings. The highest BCUT2D eigenvalue weighted by atomic mass is 79.9. The number of aliphatic carboxylic acids is 1. The van der Waals surface area contributed by atoms with Gasteiger partial charge in [0.25, 0.3) is 0 Å². The molecule has 1 unspecified atom stereocenters. The molecular weight excluding hydrogens is 338 g/mol. The number of hydrogen-bond donors (Lipinski definition) is 2. The first kappa shape index (κ1) is 15.1. The van der Waals surface area contributed by atoms with Crippen LogP contribution in [0.5, 0.6) is 0 Å². The lowest BCUT2D eigenvalue weighted by Gasteiger charge is -2.17. The minimum Gasteiger partial charge on any atom is -0.481 e. The third-order valence-electron chi connectivity index (χ3n) is 2.12. The maximum absolute atomic E-state index is 12.4. The first-order valence-electron chi connectivity index (χ1n) is 4.70. The fourth-order valence-corrected chi connectivity index (χ4v) is 1.73. The van der Waals surface area contributed by atoms with Crippen LogP contribution in [0.15, 0.2) is 22.7 Å². The Morgan fingerprint density at radius 1 is 1.50 bits per heavy atom. The van der Waals surface area contributed by atoms with E-state index in [4.69, 9.17) is 16.7 Å². The van der Waals surface area contributed by atoms with Crippen molar-refractivity contribution in [2.24, 2.45) is 5.92 Å². The number of carboxylic acids is 1. The molecule has 0 aromatic heterocycles. The van der Waals surface area contributed by atoms with Gasteiger partial charge in [-0.25, -0.2) is 0 Å². The minimum absolute atomic E-state index is 0.213. The lowest BCUT2D eigenvalue weighted by Crippen LogP contribution is -2.36. The number of alkyl halides is 3. The van der Waals surface area contributed by atoms with Crippen molar-refractivity contribution in [2.45, 2.75) is 6.18 Å². The maximum Gasteiger partial charge on any atom is 0.403 e. The van der Waals surface area contributed by atoms with Crippen LogP contribution in [0.4, 0.5) is 18.9 Å². The molecule has 18 heavy (non-hydrogen) atoms. The molecule has 0 amide bonds. The molecule has 0 aliphatic heterocycles. The van der Waals surface area contributed by atoms with Crippen LogP contribution in [0.25, 0.3) is 0 Å². The summed E-state index contributed by atoms with van der Waals surface area (Å²) in [5, 5.41) is 11.1. The topological polar surface area (TPSA) is 49.3 Å². The van der Waals surface area contributed by atoms with E-state index >= 15 is 0 Å². The number of carboxylic acid groups (broad SMARTS) is 1. The van der Waals surface area contributed by atoms with Crippen molar-refractivity contribution in [2.75, 3.05) is 11.9 Å². The number of halogens is 5. The molecule has 0 aliphatic rings. The summed E-state index contributed by atoms with van der Waals surface area (Å²) in [6, 6.07) is 4.57. The standard InChI is InChI=1S/C10H8BrClF3NO2/c11-5-1-2-7(12)8(3-5)16-4-6(9(17)18)10(13,14)15/h1-3,6,16H,4H2,(H,17,18). The van der Waals surface area contributed by atoms with E-state index in [1.807, 2.05) is 0 Å². The van der Waals surface area contributed by atoms with Gasteiger partial charge < -0.3 is 10.4 Å². The third-order valence-corrected chi connectivity index (χ3v) is 2.94. The highest BCUT2D eigenvalue weighted by Gasteiger charge is 2.44. The van der Waals surface area contributed by atoms with Gasteiger partial charge in [0.05, 0.1) is 10.7 Å². The predicted octanol–water partition coefficient (Wildman–Crippen LogP) is 3.78. The van der Waals surface area contributed by atoms with Crippen molar-refractivity contribution in [1.82, 2.24) is 0 Å². The van der Waals surface area contributed by atoms with Gasteiger partial charge in [-0.2, -0.15) is 13.2 Å². The van der Waals surface area contributed by atoms with Gasteiger partial charge >= 0.3 is 12.1 Å². The second-order valence-electron chi connectivity index (χ2n) is 3.44.